The average Bonchev–Trinajstić information content (AvgIpc) is 3.30. The van der Waals surface area contributed by atoms with E-state index in [9.17, 15) is 17.6 Å². The van der Waals surface area contributed by atoms with E-state index in [0.717, 1.165) is 0 Å². The minimum Gasteiger partial charge on any atom is -0.378 e. The average molecular weight is 493 g/mol. The highest BCUT2D eigenvalue weighted by Crippen LogP contribution is 2.34. The molecular weight excluding hydrogens is 467 g/mol. The van der Waals surface area contributed by atoms with Gasteiger partial charge in [-0.3, -0.25) is 9.52 Å². The van der Waals surface area contributed by atoms with Crippen molar-refractivity contribution >= 4 is 33.0 Å². The van der Waals surface area contributed by atoms with Crippen molar-refractivity contribution in [2.75, 3.05) is 31.0 Å². The molecule has 2 aromatic heterocycles. The van der Waals surface area contributed by atoms with Gasteiger partial charge in [-0.1, -0.05) is 0 Å². The zero-order chi connectivity index (χ0) is 23.9. The second-order valence-corrected chi connectivity index (χ2v) is 10.6. The Balaban J connectivity index is 1.67. The minimum absolute atomic E-state index is 0.0909. The Bertz CT molecular complexity index is 1320. The van der Waals surface area contributed by atoms with Gasteiger partial charge in [0.15, 0.2) is 0 Å². The molecule has 8 nitrogen and oxygen atoms in total. The Morgan fingerprint density at radius 3 is 2.55 bits per heavy atom. The number of rotatable bonds is 5. The molecule has 1 fully saturated rings. The molecule has 0 radical (unpaired) electrons. The number of anilines is 1. The van der Waals surface area contributed by atoms with Crippen LogP contribution in [0.4, 0.5) is 10.1 Å². The van der Waals surface area contributed by atoms with Gasteiger partial charge in [0.25, 0.3) is 15.9 Å². The van der Waals surface area contributed by atoms with Gasteiger partial charge in [0.05, 0.1) is 30.3 Å². The molecule has 0 bridgehead atoms. The van der Waals surface area contributed by atoms with Crippen molar-refractivity contribution in [3.05, 3.63) is 51.9 Å². The number of nitrogens with zero attached hydrogens (tertiary/aromatic N) is 3. The van der Waals surface area contributed by atoms with Crippen LogP contribution in [0.15, 0.2) is 29.2 Å². The summed E-state index contributed by atoms with van der Waals surface area (Å²) in [6, 6.07) is 5.43. The number of nitrogens with one attached hydrogen (secondary N) is 1. The van der Waals surface area contributed by atoms with Gasteiger partial charge in [-0.15, -0.1) is 11.3 Å². The summed E-state index contributed by atoms with van der Waals surface area (Å²) in [6.45, 7) is 7.20. The Morgan fingerprint density at radius 1 is 1.18 bits per heavy atom. The molecule has 0 atom stereocenters. The number of ether oxygens (including phenoxy) is 1. The number of halogens is 1. The van der Waals surface area contributed by atoms with Gasteiger partial charge in [0.2, 0.25) is 0 Å². The van der Waals surface area contributed by atoms with E-state index in [0.29, 0.717) is 64.5 Å². The molecule has 0 saturated carbocycles. The first-order valence-corrected chi connectivity index (χ1v) is 12.7. The van der Waals surface area contributed by atoms with Crippen molar-refractivity contribution in [2.45, 2.75) is 25.7 Å². The molecule has 0 spiro atoms. The maximum Gasteiger partial charge on any atom is 0.266 e. The second kappa shape index (κ2) is 8.88. The summed E-state index contributed by atoms with van der Waals surface area (Å²) in [6.07, 6.45) is 0. The van der Waals surface area contributed by atoms with E-state index in [1.807, 2.05) is 0 Å². The molecule has 0 unspecified atom stereocenters. The lowest BCUT2D eigenvalue weighted by Crippen LogP contribution is -2.40. The standard InChI is InChI=1S/C22H25FN4O4S2/c1-13-11-16(23)5-6-17(13)25-33(29,30)19-12-18(26(4)15(19)3)21-24-14(2)20(32-21)22(28)27-7-9-31-10-8-27/h5-6,11-12,25H,7-10H2,1-4H3. The van der Waals surface area contributed by atoms with E-state index in [1.54, 1.807) is 43.4 Å². The molecule has 0 aliphatic carbocycles. The molecular formula is C22H25FN4O4S2. The monoisotopic (exact) mass is 492 g/mol. The van der Waals surface area contributed by atoms with Crippen LogP contribution in [0.3, 0.4) is 0 Å². The van der Waals surface area contributed by atoms with Crippen LogP contribution in [0.5, 0.6) is 0 Å². The molecule has 1 N–H and O–H groups in total. The lowest BCUT2D eigenvalue weighted by molar-refractivity contribution is 0.0305. The first-order valence-electron chi connectivity index (χ1n) is 10.4. The van der Waals surface area contributed by atoms with Crippen LogP contribution in [0.2, 0.25) is 0 Å². The maximum atomic E-state index is 13.4. The number of amides is 1. The molecule has 1 amide bonds. The number of benzene rings is 1. The minimum atomic E-state index is -3.93. The molecule has 176 valence electrons. The highest BCUT2D eigenvalue weighted by Gasteiger charge is 2.27. The number of carbonyl (C=O) groups is 1. The number of aryl methyl sites for hydroxylation is 2. The van der Waals surface area contributed by atoms with Gasteiger partial charge >= 0.3 is 0 Å². The summed E-state index contributed by atoms with van der Waals surface area (Å²) >= 11 is 1.25. The number of hydrogen-bond donors (Lipinski definition) is 1. The van der Waals surface area contributed by atoms with Gasteiger partial charge in [0, 0.05) is 25.8 Å². The van der Waals surface area contributed by atoms with E-state index in [1.165, 1.54) is 29.5 Å². The largest absolute Gasteiger partial charge is 0.378 e. The zero-order valence-corrected chi connectivity index (χ0v) is 20.4. The van der Waals surface area contributed by atoms with Crippen LogP contribution in [0.25, 0.3) is 10.7 Å². The third-order valence-corrected chi connectivity index (χ3v) is 8.37. The van der Waals surface area contributed by atoms with E-state index in [4.69, 9.17) is 4.74 Å². The van der Waals surface area contributed by atoms with Gasteiger partial charge < -0.3 is 14.2 Å². The van der Waals surface area contributed by atoms with Crippen molar-refractivity contribution < 1.29 is 22.3 Å². The van der Waals surface area contributed by atoms with Gasteiger partial charge in [0.1, 0.15) is 20.6 Å². The number of thiazole rings is 1. The number of aromatic nitrogens is 2. The zero-order valence-electron chi connectivity index (χ0n) is 18.8. The van der Waals surface area contributed by atoms with Crippen molar-refractivity contribution in [1.82, 2.24) is 14.5 Å². The van der Waals surface area contributed by atoms with Gasteiger partial charge in [-0.2, -0.15) is 0 Å². The summed E-state index contributed by atoms with van der Waals surface area (Å²) < 4.78 is 49.3. The summed E-state index contributed by atoms with van der Waals surface area (Å²) in [5.41, 5.74) is 2.51. The topological polar surface area (TPSA) is 93.5 Å². The molecule has 1 aromatic carbocycles. The van der Waals surface area contributed by atoms with Crippen molar-refractivity contribution in [3.8, 4) is 10.7 Å². The van der Waals surface area contributed by atoms with Crippen molar-refractivity contribution in [2.24, 2.45) is 7.05 Å². The van der Waals surface area contributed by atoms with Crippen LogP contribution >= 0.6 is 11.3 Å². The molecule has 3 heterocycles. The fourth-order valence-corrected chi connectivity index (χ4v) is 6.21. The molecule has 3 aromatic rings. The summed E-state index contributed by atoms with van der Waals surface area (Å²) in [5.74, 6) is -0.526. The quantitative estimate of drug-likeness (QED) is 0.589. The summed E-state index contributed by atoms with van der Waals surface area (Å²) in [7, 11) is -2.17. The van der Waals surface area contributed by atoms with E-state index in [2.05, 4.69) is 9.71 Å². The first kappa shape index (κ1) is 23.4. The number of carbonyl (C=O) groups excluding carboxylic acids is 1. The molecule has 33 heavy (non-hydrogen) atoms. The number of hydrogen-bond acceptors (Lipinski definition) is 6. The Hall–Kier alpha value is -2.76. The van der Waals surface area contributed by atoms with E-state index < -0.39 is 15.8 Å². The fourth-order valence-electron chi connectivity index (χ4n) is 3.70. The van der Waals surface area contributed by atoms with Crippen molar-refractivity contribution in [3.63, 3.8) is 0 Å². The molecule has 1 aliphatic heterocycles. The van der Waals surface area contributed by atoms with Crippen LogP contribution in [-0.4, -0.2) is 55.1 Å². The smallest absolute Gasteiger partial charge is 0.266 e. The maximum absolute atomic E-state index is 13.4. The van der Waals surface area contributed by atoms with Gasteiger partial charge in [-0.25, -0.2) is 17.8 Å². The Labute approximate surface area is 196 Å². The molecule has 11 heteroatoms. The number of sulfonamides is 1. The highest BCUT2D eigenvalue weighted by molar-refractivity contribution is 7.92. The molecule has 1 aliphatic rings. The fraction of sp³-hybridized carbons (Fsp3) is 0.364. The van der Waals surface area contributed by atoms with Crippen LogP contribution < -0.4 is 4.72 Å². The van der Waals surface area contributed by atoms with Crippen LogP contribution in [0, 0.1) is 26.6 Å². The summed E-state index contributed by atoms with van der Waals surface area (Å²) in [5, 5.41) is 0.564. The third kappa shape index (κ3) is 4.53. The lowest BCUT2D eigenvalue weighted by atomic mass is 10.2. The summed E-state index contributed by atoms with van der Waals surface area (Å²) in [4.78, 5) is 19.9. The Morgan fingerprint density at radius 2 is 1.88 bits per heavy atom. The van der Waals surface area contributed by atoms with Crippen LogP contribution in [0.1, 0.15) is 26.6 Å². The molecule has 4 rings (SSSR count). The Kier molecular flexibility index (Phi) is 6.30. The third-order valence-electron chi connectivity index (χ3n) is 5.72. The number of morpholine rings is 1. The van der Waals surface area contributed by atoms with E-state index >= 15 is 0 Å². The predicted octanol–water partition coefficient (Wildman–Crippen LogP) is 3.49. The molecule has 1 saturated heterocycles. The van der Waals surface area contributed by atoms with Gasteiger partial charge in [-0.05, 0) is 50.6 Å². The van der Waals surface area contributed by atoms with E-state index in [-0.39, 0.29) is 10.8 Å². The SMILES string of the molecule is Cc1cc(F)ccc1NS(=O)(=O)c1cc(-c2nc(C)c(C(=O)N3CCOCC3)s2)n(C)c1C. The second-order valence-electron chi connectivity index (χ2n) is 7.94. The first-order chi connectivity index (χ1) is 15.6. The van der Waals surface area contributed by atoms with Crippen molar-refractivity contribution in [1.29, 1.82) is 0 Å². The lowest BCUT2D eigenvalue weighted by Gasteiger charge is -2.26. The predicted molar refractivity (Wildman–Crippen MR) is 125 cm³/mol. The normalized spacial score (nSPS) is 14.5. The highest BCUT2D eigenvalue weighted by atomic mass is 32.2. The van der Waals surface area contributed by atoms with Crippen LogP contribution in [-0.2, 0) is 21.8 Å².